The van der Waals surface area contributed by atoms with E-state index in [1.54, 1.807) is 7.11 Å². The van der Waals surface area contributed by atoms with Crippen LogP contribution in [0.3, 0.4) is 0 Å². The van der Waals surface area contributed by atoms with Crippen molar-refractivity contribution in [1.82, 2.24) is 4.98 Å². The highest BCUT2D eigenvalue weighted by Gasteiger charge is 2.21. The van der Waals surface area contributed by atoms with Crippen LogP contribution in [0.25, 0.3) is 0 Å². The average Bonchev–Trinajstić information content (AvgIpc) is 2.17. The lowest BCUT2D eigenvalue weighted by Crippen LogP contribution is -2.12. The number of rotatable bonds is 1. The molecular weight excluding hydrogens is 178 g/mol. The summed E-state index contributed by atoms with van der Waals surface area (Å²) >= 11 is 0. The van der Waals surface area contributed by atoms with Gasteiger partial charge in [-0.05, 0) is 31.7 Å². The Labute approximate surface area is 83.7 Å². The summed E-state index contributed by atoms with van der Waals surface area (Å²) in [5.74, 6) is 0.648. The maximum absolute atomic E-state index is 9.82. The molecule has 0 bridgehead atoms. The van der Waals surface area contributed by atoms with E-state index in [4.69, 9.17) is 4.74 Å². The van der Waals surface area contributed by atoms with E-state index >= 15 is 0 Å². The smallest absolute Gasteiger partial charge is 0.213 e. The summed E-state index contributed by atoms with van der Waals surface area (Å²) in [6.07, 6.45) is 2.58. The van der Waals surface area contributed by atoms with Crippen LogP contribution in [0.5, 0.6) is 5.88 Å². The first kappa shape index (κ1) is 9.46. The monoisotopic (exact) mass is 193 g/mol. The minimum absolute atomic E-state index is 0.336. The van der Waals surface area contributed by atoms with Crippen LogP contribution in [-0.4, -0.2) is 17.2 Å². The molecule has 2 rings (SSSR count). The van der Waals surface area contributed by atoms with Crippen LogP contribution in [0, 0.1) is 6.92 Å². The highest BCUT2D eigenvalue weighted by molar-refractivity contribution is 5.37. The molecule has 0 saturated heterocycles. The van der Waals surface area contributed by atoms with Crippen molar-refractivity contribution in [3.63, 3.8) is 0 Å². The molecule has 0 aromatic carbocycles. The lowest BCUT2D eigenvalue weighted by Gasteiger charge is -2.23. The average molecular weight is 193 g/mol. The zero-order valence-electron chi connectivity index (χ0n) is 8.58. The fourth-order valence-corrected chi connectivity index (χ4v) is 2.11. The summed E-state index contributed by atoms with van der Waals surface area (Å²) in [4.78, 5) is 4.27. The Bertz CT molecular complexity index is 349. The van der Waals surface area contributed by atoms with E-state index in [0.717, 1.165) is 30.5 Å². The Hall–Kier alpha value is -1.09. The molecule has 3 nitrogen and oxygen atoms in total. The summed E-state index contributed by atoms with van der Waals surface area (Å²) in [6.45, 7) is 1.93. The molecule has 1 aliphatic rings. The minimum Gasteiger partial charge on any atom is -0.481 e. The molecule has 1 atom stereocenters. The number of fused-ring (bicyclic) bond motifs is 1. The number of aryl methyl sites for hydroxylation is 2. The van der Waals surface area contributed by atoms with Gasteiger partial charge in [0.05, 0.1) is 13.2 Å². The maximum atomic E-state index is 9.82. The van der Waals surface area contributed by atoms with Crippen LogP contribution >= 0.6 is 0 Å². The second kappa shape index (κ2) is 3.58. The second-order valence-electron chi connectivity index (χ2n) is 3.73. The van der Waals surface area contributed by atoms with E-state index in [0.29, 0.717) is 5.88 Å². The Morgan fingerprint density at radius 1 is 1.57 bits per heavy atom. The van der Waals surface area contributed by atoms with Crippen molar-refractivity contribution in [2.24, 2.45) is 0 Å². The lowest BCUT2D eigenvalue weighted by molar-refractivity contribution is 0.155. The topological polar surface area (TPSA) is 42.4 Å². The molecule has 0 fully saturated rings. The number of aliphatic hydroxyl groups excluding tert-OH is 1. The quantitative estimate of drug-likeness (QED) is 0.739. The van der Waals surface area contributed by atoms with Crippen LogP contribution < -0.4 is 4.74 Å². The molecule has 1 aromatic rings. The first-order valence-corrected chi connectivity index (χ1v) is 4.95. The number of hydrogen-bond acceptors (Lipinski definition) is 3. The summed E-state index contributed by atoms with van der Waals surface area (Å²) in [7, 11) is 1.62. The van der Waals surface area contributed by atoms with Gasteiger partial charge in [0.2, 0.25) is 5.88 Å². The molecular formula is C11H15NO2. The fourth-order valence-electron chi connectivity index (χ4n) is 2.11. The third kappa shape index (κ3) is 1.48. The van der Waals surface area contributed by atoms with Crippen molar-refractivity contribution in [2.45, 2.75) is 32.3 Å². The maximum Gasteiger partial charge on any atom is 0.213 e. The van der Waals surface area contributed by atoms with Gasteiger partial charge in [-0.2, -0.15) is 0 Å². The van der Waals surface area contributed by atoms with Gasteiger partial charge >= 0.3 is 0 Å². The van der Waals surface area contributed by atoms with Crippen molar-refractivity contribution in [3.8, 4) is 5.88 Å². The number of hydrogen-bond donors (Lipinski definition) is 1. The van der Waals surface area contributed by atoms with Gasteiger partial charge in [0.25, 0.3) is 0 Å². The van der Waals surface area contributed by atoms with Crippen LogP contribution in [0.4, 0.5) is 0 Å². The molecule has 1 N–H and O–H groups in total. The second-order valence-corrected chi connectivity index (χ2v) is 3.73. The third-order valence-electron chi connectivity index (χ3n) is 2.78. The molecule has 3 heteroatoms. The van der Waals surface area contributed by atoms with E-state index in [2.05, 4.69) is 4.98 Å². The molecule has 14 heavy (non-hydrogen) atoms. The first-order chi connectivity index (χ1) is 6.72. The van der Waals surface area contributed by atoms with Gasteiger partial charge in [0.1, 0.15) is 0 Å². The van der Waals surface area contributed by atoms with Gasteiger partial charge < -0.3 is 9.84 Å². The number of pyridine rings is 1. The highest BCUT2D eigenvalue weighted by atomic mass is 16.5. The molecule has 1 aliphatic carbocycles. The molecule has 1 aromatic heterocycles. The Morgan fingerprint density at radius 3 is 3.07 bits per heavy atom. The van der Waals surface area contributed by atoms with Gasteiger partial charge in [-0.1, -0.05) is 0 Å². The molecule has 0 radical (unpaired) electrons. The normalized spacial score (nSPS) is 20.4. The molecule has 0 aliphatic heterocycles. The number of aliphatic hydroxyl groups is 1. The largest absolute Gasteiger partial charge is 0.481 e. The molecule has 0 saturated carbocycles. The van der Waals surface area contributed by atoms with E-state index in [-0.39, 0.29) is 6.10 Å². The van der Waals surface area contributed by atoms with Crippen molar-refractivity contribution in [3.05, 3.63) is 22.9 Å². The van der Waals surface area contributed by atoms with Crippen molar-refractivity contribution in [2.75, 3.05) is 7.11 Å². The van der Waals surface area contributed by atoms with Crippen molar-refractivity contribution >= 4 is 0 Å². The van der Waals surface area contributed by atoms with Crippen LogP contribution in [-0.2, 0) is 6.42 Å². The molecule has 1 unspecified atom stereocenters. The third-order valence-corrected chi connectivity index (χ3v) is 2.78. The lowest BCUT2D eigenvalue weighted by atomic mass is 9.89. The van der Waals surface area contributed by atoms with Crippen LogP contribution in [0.15, 0.2) is 6.07 Å². The van der Waals surface area contributed by atoms with Crippen molar-refractivity contribution in [1.29, 1.82) is 0 Å². The van der Waals surface area contributed by atoms with E-state index in [1.807, 2.05) is 13.0 Å². The number of aromatic nitrogens is 1. The molecule has 0 amide bonds. The predicted molar refractivity (Wildman–Crippen MR) is 53.4 cm³/mol. The minimum atomic E-state index is -0.336. The van der Waals surface area contributed by atoms with Gasteiger partial charge in [-0.15, -0.1) is 0 Å². The number of methoxy groups -OCH3 is 1. The molecule has 1 heterocycles. The Morgan fingerprint density at radius 2 is 2.36 bits per heavy atom. The van der Waals surface area contributed by atoms with Gasteiger partial charge in [-0.25, -0.2) is 4.98 Å². The Balaban J connectivity index is 2.51. The highest BCUT2D eigenvalue weighted by Crippen LogP contribution is 2.32. The fraction of sp³-hybridized carbons (Fsp3) is 0.545. The summed E-state index contributed by atoms with van der Waals surface area (Å²) in [5.41, 5.74) is 3.09. The molecule has 0 spiro atoms. The van der Waals surface area contributed by atoms with Gasteiger partial charge in [0, 0.05) is 17.3 Å². The summed E-state index contributed by atoms with van der Waals surface area (Å²) < 4.78 is 5.10. The SMILES string of the molecule is COc1cc2c(c(C)n1)C(O)CCC2. The first-order valence-electron chi connectivity index (χ1n) is 4.95. The van der Waals surface area contributed by atoms with E-state index < -0.39 is 0 Å². The van der Waals surface area contributed by atoms with E-state index in [1.165, 1.54) is 5.56 Å². The summed E-state index contributed by atoms with van der Waals surface area (Å²) in [6, 6.07) is 1.94. The van der Waals surface area contributed by atoms with E-state index in [9.17, 15) is 5.11 Å². The summed E-state index contributed by atoms with van der Waals surface area (Å²) in [5, 5.41) is 9.82. The number of ether oxygens (including phenoxy) is 1. The number of nitrogens with zero attached hydrogens (tertiary/aromatic N) is 1. The van der Waals surface area contributed by atoms with Crippen molar-refractivity contribution < 1.29 is 9.84 Å². The standard InChI is InChI=1S/C11H15NO2/c1-7-11-8(4-3-5-9(11)13)6-10(12-7)14-2/h6,9,13H,3-5H2,1-2H3. The van der Waals surface area contributed by atoms with Crippen LogP contribution in [0.2, 0.25) is 0 Å². The van der Waals surface area contributed by atoms with Crippen LogP contribution in [0.1, 0.15) is 35.8 Å². The zero-order valence-corrected chi connectivity index (χ0v) is 8.58. The predicted octanol–water partition coefficient (Wildman–Crippen LogP) is 1.77. The molecule has 76 valence electrons. The van der Waals surface area contributed by atoms with Gasteiger partial charge in [-0.3, -0.25) is 0 Å². The Kier molecular flexibility index (Phi) is 2.42. The van der Waals surface area contributed by atoms with Gasteiger partial charge in [0.15, 0.2) is 0 Å². The zero-order chi connectivity index (χ0) is 10.1.